The van der Waals surface area contributed by atoms with Gasteiger partial charge in [-0.15, -0.1) is 0 Å². The van der Waals surface area contributed by atoms with E-state index in [1.54, 1.807) is 0 Å². The molecule has 2 heteroatoms. The van der Waals surface area contributed by atoms with Crippen molar-refractivity contribution in [3.05, 3.63) is 70.8 Å². The summed E-state index contributed by atoms with van der Waals surface area (Å²) in [4.78, 5) is 11.9. The van der Waals surface area contributed by atoms with Crippen molar-refractivity contribution in [2.45, 2.75) is 32.2 Å². The standard InChI is InChI=1S/C18H19NO/c1-12-7-6-10-15(13(12)2)16-11-17(20)19-18(16)14-8-4-3-5-9-14/h3-10,16,18H,11H2,1-2H3,(H,19,20). The van der Waals surface area contributed by atoms with Crippen molar-refractivity contribution in [2.24, 2.45) is 0 Å². The summed E-state index contributed by atoms with van der Waals surface area (Å²) in [5, 5.41) is 3.13. The molecule has 2 aromatic carbocycles. The van der Waals surface area contributed by atoms with E-state index in [1.807, 2.05) is 18.2 Å². The largest absolute Gasteiger partial charge is 0.349 e. The van der Waals surface area contributed by atoms with Gasteiger partial charge in [0.05, 0.1) is 6.04 Å². The summed E-state index contributed by atoms with van der Waals surface area (Å²) in [7, 11) is 0. The van der Waals surface area contributed by atoms with E-state index in [0.717, 1.165) is 0 Å². The molecular weight excluding hydrogens is 246 g/mol. The van der Waals surface area contributed by atoms with Gasteiger partial charge < -0.3 is 5.32 Å². The van der Waals surface area contributed by atoms with Crippen LogP contribution in [0.25, 0.3) is 0 Å². The van der Waals surface area contributed by atoms with Crippen molar-refractivity contribution in [3.8, 4) is 0 Å². The summed E-state index contributed by atoms with van der Waals surface area (Å²) in [5.41, 5.74) is 5.06. The molecule has 0 saturated carbocycles. The molecule has 3 rings (SSSR count). The number of hydrogen-bond acceptors (Lipinski definition) is 1. The molecule has 1 aliphatic heterocycles. The quantitative estimate of drug-likeness (QED) is 0.882. The molecule has 1 aliphatic rings. The minimum Gasteiger partial charge on any atom is -0.349 e. The summed E-state index contributed by atoms with van der Waals surface area (Å²) in [5.74, 6) is 0.370. The highest BCUT2D eigenvalue weighted by Crippen LogP contribution is 2.39. The zero-order chi connectivity index (χ0) is 14.1. The summed E-state index contributed by atoms with van der Waals surface area (Å²) in [6, 6.07) is 16.7. The maximum atomic E-state index is 11.9. The maximum absolute atomic E-state index is 11.9. The predicted octanol–water partition coefficient (Wildman–Crippen LogP) is 3.65. The van der Waals surface area contributed by atoms with Crippen LogP contribution in [0.2, 0.25) is 0 Å². The normalized spacial score (nSPS) is 21.8. The molecule has 20 heavy (non-hydrogen) atoms. The Kier molecular flexibility index (Phi) is 3.31. The SMILES string of the molecule is Cc1cccc(C2CC(=O)NC2c2ccccc2)c1C. The van der Waals surface area contributed by atoms with Gasteiger partial charge in [0.2, 0.25) is 5.91 Å². The highest BCUT2D eigenvalue weighted by Gasteiger charge is 2.35. The Labute approximate surface area is 119 Å². The van der Waals surface area contributed by atoms with Gasteiger partial charge in [-0.2, -0.15) is 0 Å². The van der Waals surface area contributed by atoms with Gasteiger partial charge in [-0.25, -0.2) is 0 Å². The van der Waals surface area contributed by atoms with Crippen LogP contribution in [-0.2, 0) is 4.79 Å². The van der Waals surface area contributed by atoms with E-state index in [9.17, 15) is 4.79 Å². The summed E-state index contributed by atoms with van der Waals surface area (Å²) in [6.07, 6.45) is 0.573. The molecule has 1 fully saturated rings. The van der Waals surface area contributed by atoms with Crippen molar-refractivity contribution in [2.75, 3.05) is 0 Å². The molecule has 0 spiro atoms. The molecule has 1 heterocycles. The molecule has 1 saturated heterocycles. The number of benzene rings is 2. The van der Waals surface area contributed by atoms with E-state index in [0.29, 0.717) is 6.42 Å². The van der Waals surface area contributed by atoms with Crippen LogP contribution in [0.4, 0.5) is 0 Å². The monoisotopic (exact) mass is 265 g/mol. The minimum absolute atomic E-state index is 0.0872. The molecule has 1 N–H and O–H groups in total. The first-order valence-corrected chi connectivity index (χ1v) is 7.07. The topological polar surface area (TPSA) is 29.1 Å². The Balaban J connectivity index is 2.03. The zero-order valence-corrected chi connectivity index (χ0v) is 11.9. The van der Waals surface area contributed by atoms with E-state index >= 15 is 0 Å². The lowest BCUT2D eigenvalue weighted by Crippen LogP contribution is -2.20. The first-order valence-electron chi connectivity index (χ1n) is 7.07. The van der Waals surface area contributed by atoms with Gasteiger partial charge in [0, 0.05) is 12.3 Å². The second kappa shape index (κ2) is 5.12. The number of amides is 1. The molecule has 2 unspecified atom stereocenters. The van der Waals surface area contributed by atoms with E-state index in [4.69, 9.17) is 0 Å². The predicted molar refractivity (Wildman–Crippen MR) is 80.6 cm³/mol. The van der Waals surface area contributed by atoms with Crippen LogP contribution >= 0.6 is 0 Å². The summed E-state index contributed by atoms with van der Waals surface area (Å²) < 4.78 is 0. The minimum atomic E-state index is 0.0872. The Hall–Kier alpha value is -2.09. The van der Waals surface area contributed by atoms with Gasteiger partial charge >= 0.3 is 0 Å². The Morgan fingerprint density at radius 1 is 1.00 bits per heavy atom. The number of rotatable bonds is 2. The lowest BCUT2D eigenvalue weighted by molar-refractivity contribution is -0.119. The van der Waals surface area contributed by atoms with Crippen molar-refractivity contribution in [1.29, 1.82) is 0 Å². The average molecular weight is 265 g/mol. The van der Waals surface area contributed by atoms with Crippen molar-refractivity contribution < 1.29 is 4.79 Å². The summed E-state index contributed by atoms with van der Waals surface area (Å²) in [6.45, 7) is 4.27. The van der Waals surface area contributed by atoms with Crippen molar-refractivity contribution >= 4 is 5.91 Å². The Morgan fingerprint density at radius 3 is 2.50 bits per heavy atom. The Bertz CT molecular complexity index is 633. The fourth-order valence-electron chi connectivity index (χ4n) is 3.09. The van der Waals surface area contributed by atoms with Gasteiger partial charge in [0.1, 0.15) is 0 Å². The van der Waals surface area contributed by atoms with Gasteiger partial charge in [0.15, 0.2) is 0 Å². The lowest BCUT2D eigenvalue weighted by Gasteiger charge is -2.22. The van der Waals surface area contributed by atoms with Crippen LogP contribution in [0, 0.1) is 13.8 Å². The highest BCUT2D eigenvalue weighted by atomic mass is 16.2. The molecule has 0 aromatic heterocycles. The molecule has 2 atom stereocenters. The van der Waals surface area contributed by atoms with Crippen LogP contribution in [0.15, 0.2) is 48.5 Å². The van der Waals surface area contributed by atoms with E-state index < -0.39 is 0 Å². The number of carbonyl (C=O) groups is 1. The number of nitrogens with one attached hydrogen (secondary N) is 1. The van der Waals surface area contributed by atoms with Gasteiger partial charge in [-0.05, 0) is 36.1 Å². The van der Waals surface area contributed by atoms with Crippen LogP contribution in [-0.4, -0.2) is 5.91 Å². The van der Waals surface area contributed by atoms with Crippen LogP contribution in [0.1, 0.15) is 40.6 Å². The van der Waals surface area contributed by atoms with Gasteiger partial charge in [0.25, 0.3) is 0 Å². The molecular formula is C18H19NO. The van der Waals surface area contributed by atoms with Gasteiger partial charge in [-0.3, -0.25) is 4.79 Å². The van der Waals surface area contributed by atoms with Crippen LogP contribution in [0.3, 0.4) is 0 Å². The molecule has 1 amide bonds. The Morgan fingerprint density at radius 2 is 1.75 bits per heavy atom. The number of hydrogen-bond donors (Lipinski definition) is 1. The van der Waals surface area contributed by atoms with Crippen molar-refractivity contribution in [1.82, 2.24) is 5.32 Å². The second-order valence-corrected chi connectivity index (χ2v) is 5.56. The fourth-order valence-corrected chi connectivity index (χ4v) is 3.09. The molecule has 0 bridgehead atoms. The zero-order valence-electron chi connectivity index (χ0n) is 11.9. The molecule has 0 radical (unpaired) electrons. The van der Waals surface area contributed by atoms with E-state index in [-0.39, 0.29) is 17.9 Å². The van der Waals surface area contributed by atoms with Crippen molar-refractivity contribution in [3.63, 3.8) is 0 Å². The third kappa shape index (κ3) is 2.22. The van der Waals surface area contributed by atoms with Crippen LogP contribution in [0.5, 0.6) is 0 Å². The second-order valence-electron chi connectivity index (χ2n) is 5.56. The van der Waals surface area contributed by atoms with Crippen LogP contribution < -0.4 is 5.32 Å². The smallest absolute Gasteiger partial charge is 0.221 e. The number of aryl methyl sites for hydroxylation is 1. The van der Waals surface area contributed by atoms with Gasteiger partial charge in [-0.1, -0.05) is 48.5 Å². The highest BCUT2D eigenvalue weighted by molar-refractivity contribution is 5.80. The number of carbonyl (C=O) groups excluding carboxylic acids is 1. The fraction of sp³-hybridized carbons (Fsp3) is 0.278. The lowest BCUT2D eigenvalue weighted by atomic mass is 9.84. The molecule has 102 valence electrons. The first kappa shape index (κ1) is 12.9. The third-order valence-electron chi connectivity index (χ3n) is 4.33. The molecule has 2 nitrogen and oxygen atoms in total. The molecule has 2 aromatic rings. The van der Waals surface area contributed by atoms with E-state index in [2.05, 4.69) is 49.5 Å². The van der Waals surface area contributed by atoms with E-state index in [1.165, 1.54) is 22.3 Å². The summed E-state index contributed by atoms with van der Waals surface area (Å²) >= 11 is 0. The molecule has 0 aliphatic carbocycles. The third-order valence-corrected chi connectivity index (χ3v) is 4.33. The average Bonchev–Trinajstić information content (AvgIpc) is 2.85. The maximum Gasteiger partial charge on any atom is 0.221 e. The first-order chi connectivity index (χ1) is 9.66.